The number of carbonyl (C=O) groups excluding carboxylic acids is 3. The van der Waals surface area contributed by atoms with Crippen LogP contribution in [-0.4, -0.2) is 79.6 Å². The van der Waals surface area contributed by atoms with Gasteiger partial charge in [-0.2, -0.15) is 0 Å². The predicted molar refractivity (Wildman–Crippen MR) is 116 cm³/mol. The number of aromatic hydroxyl groups is 1. The molecule has 1 aromatic rings. The van der Waals surface area contributed by atoms with Crippen LogP contribution >= 0.6 is 11.6 Å². The van der Waals surface area contributed by atoms with Crippen molar-refractivity contribution in [1.29, 1.82) is 0 Å². The zero-order chi connectivity index (χ0) is 24.7. The first-order chi connectivity index (χ1) is 15.3. The Morgan fingerprint density at radius 1 is 1.15 bits per heavy atom. The van der Waals surface area contributed by atoms with Gasteiger partial charge in [0, 0.05) is 16.5 Å². The molecule has 0 spiro atoms. The number of nitrogens with two attached hydrogens (primary N) is 1. The third-order valence-electron chi connectivity index (χ3n) is 6.66. The Hall–Kier alpha value is -3.18. The van der Waals surface area contributed by atoms with Gasteiger partial charge in [0.1, 0.15) is 17.1 Å². The van der Waals surface area contributed by atoms with Gasteiger partial charge in [0.25, 0.3) is 0 Å². The average Bonchev–Trinajstić information content (AvgIpc) is 2.72. The number of halogens is 1. The summed E-state index contributed by atoms with van der Waals surface area (Å²) in [5.74, 6) is -9.28. The maximum Gasteiger partial charge on any atom is 0.211 e. The summed E-state index contributed by atoms with van der Waals surface area (Å²) in [4.78, 5) is 41.1. The number of aliphatic hydroxyl groups excluding tert-OH is 3. The van der Waals surface area contributed by atoms with Crippen LogP contribution in [0.5, 0.6) is 5.75 Å². The van der Waals surface area contributed by atoms with Gasteiger partial charge in [0.05, 0.1) is 29.2 Å². The molecule has 7 N–H and O–H groups in total. The van der Waals surface area contributed by atoms with Crippen LogP contribution in [0.3, 0.4) is 0 Å². The molecule has 0 radical (unpaired) electrons. The number of ketones is 3. The molecular formula is C22H21ClN2O8. The second-order valence-corrected chi connectivity index (χ2v) is 8.96. The van der Waals surface area contributed by atoms with E-state index in [4.69, 9.17) is 17.3 Å². The molecule has 10 nitrogen and oxygen atoms in total. The Kier molecular flexibility index (Phi) is 4.99. The molecule has 174 valence electrons. The lowest BCUT2D eigenvalue weighted by atomic mass is 9.54. The highest BCUT2D eigenvalue weighted by atomic mass is 35.5. The molecule has 5 atom stereocenters. The second-order valence-electron chi connectivity index (χ2n) is 8.56. The van der Waals surface area contributed by atoms with Gasteiger partial charge < -0.3 is 31.3 Å². The maximum absolute atomic E-state index is 13.6. The lowest BCUT2D eigenvalue weighted by molar-refractivity contribution is -0.175. The third kappa shape index (κ3) is 2.69. The minimum Gasteiger partial charge on any atom is -0.507 e. The summed E-state index contributed by atoms with van der Waals surface area (Å²) >= 11 is 6.25. The van der Waals surface area contributed by atoms with Crippen molar-refractivity contribution in [2.75, 3.05) is 14.1 Å². The molecule has 3 aliphatic carbocycles. The molecular weight excluding hydrogens is 456 g/mol. The monoisotopic (exact) mass is 476 g/mol. The largest absolute Gasteiger partial charge is 0.507 e. The number of phenols is 1. The fraction of sp³-hybridized carbons (Fsp3) is 0.318. The molecule has 11 heteroatoms. The predicted octanol–water partition coefficient (Wildman–Crippen LogP) is 0.0589. The van der Waals surface area contributed by atoms with Gasteiger partial charge >= 0.3 is 0 Å². The number of phenolic OH excluding ortho intramolecular Hbond substituents is 1. The van der Waals surface area contributed by atoms with Crippen molar-refractivity contribution >= 4 is 40.3 Å². The number of nitrogens with zero attached hydrogens (tertiary/aromatic N) is 1. The zero-order valence-corrected chi connectivity index (χ0v) is 18.3. The lowest BCUT2D eigenvalue weighted by Crippen LogP contribution is -2.73. The molecule has 0 unspecified atom stereocenters. The zero-order valence-electron chi connectivity index (χ0n) is 17.5. The molecule has 3 aliphatic rings. The molecule has 33 heavy (non-hydrogen) atoms. The van der Waals surface area contributed by atoms with Crippen LogP contribution in [0.1, 0.15) is 11.1 Å². The third-order valence-corrected chi connectivity index (χ3v) is 6.97. The molecule has 0 saturated heterocycles. The lowest BCUT2D eigenvalue weighted by Gasteiger charge is -2.52. The van der Waals surface area contributed by atoms with E-state index < -0.39 is 75.5 Å². The van der Waals surface area contributed by atoms with Gasteiger partial charge in [0.2, 0.25) is 11.6 Å². The van der Waals surface area contributed by atoms with E-state index in [9.17, 15) is 39.9 Å². The fourth-order valence-corrected chi connectivity index (χ4v) is 5.53. The van der Waals surface area contributed by atoms with E-state index in [0.29, 0.717) is 0 Å². The number of likely N-dealkylation sites (N-methyl/N-ethyl adjacent to an activating group) is 1. The first-order valence-corrected chi connectivity index (χ1v) is 10.2. The highest BCUT2D eigenvalue weighted by Gasteiger charge is 2.69. The van der Waals surface area contributed by atoms with E-state index in [1.807, 2.05) is 0 Å². The minimum atomic E-state index is -3.04. The van der Waals surface area contributed by atoms with Crippen molar-refractivity contribution in [2.24, 2.45) is 17.6 Å². The standard InChI is InChI=1S/C22H21ClN2O8/c1-6-9-7(23)4-5-8(26)11(9)16(27)12-10(6)17(28)14-15(25(2)3)18(29)13(21(24)32)20(31)22(14,33)19(12)30/h4-5,10,14-15,17,26-28,32-33H,1,24H2,2-3H3/b21-13-/t10-,14-,15+,17+,22+/m1/s1. The Balaban J connectivity index is 2.07. The van der Waals surface area contributed by atoms with Gasteiger partial charge in [-0.05, 0) is 31.8 Å². The highest BCUT2D eigenvalue weighted by molar-refractivity contribution is 6.37. The first kappa shape index (κ1) is 23.0. The Morgan fingerprint density at radius 3 is 2.30 bits per heavy atom. The molecule has 0 aliphatic heterocycles. The van der Waals surface area contributed by atoms with Gasteiger partial charge in [-0.3, -0.25) is 19.3 Å². The Bertz CT molecular complexity index is 1230. The quantitative estimate of drug-likeness (QED) is 0.140. The van der Waals surface area contributed by atoms with Crippen LogP contribution in [-0.2, 0) is 14.4 Å². The summed E-state index contributed by atoms with van der Waals surface area (Å²) in [5, 5.41) is 54.0. The van der Waals surface area contributed by atoms with Crippen molar-refractivity contribution in [3.63, 3.8) is 0 Å². The normalized spacial score (nSPS) is 33.2. The number of benzene rings is 1. The van der Waals surface area contributed by atoms with Gasteiger partial charge in [-0.1, -0.05) is 18.2 Å². The smallest absolute Gasteiger partial charge is 0.211 e. The van der Waals surface area contributed by atoms with E-state index in [2.05, 4.69) is 6.58 Å². The topological polar surface area (TPSA) is 182 Å². The van der Waals surface area contributed by atoms with Crippen molar-refractivity contribution in [3.8, 4) is 5.75 Å². The number of fused-ring (bicyclic) bond motifs is 3. The van der Waals surface area contributed by atoms with Crippen LogP contribution in [0.15, 0.2) is 35.7 Å². The van der Waals surface area contributed by atoms with Crippen LogP contribution in [0.25, 0.3) is 11.3 Å². The van der Waals surface area contributed by atoms with Crippen molar-refractivity contribution < 1.29 is 39.9 Å². The second kappa shape index (κ2) is 7.16. The maximum atomic E-state index is 13.6. The van der Waals surface area contributed by atoms with Crippen LogP contribution in [0.4, 0.5) is 0 Å². The molecule has 0 aromatic heterocycles. The number of aliphatic hydroxyl groups is 4. The molecule has 2 saturated carbocycles. The van der Waals surface area contributed by atoms with Crippen molar-refractivity contribution in [2.45, 2.75) is 17.7 Å². The number of hydrogen-bond donors (Lipinski definition) is 6. The summed E-state index contributed by atoms with van der Waals surface area (Å²) in [6.45, 7) is 3.89. The van der Waals surface area contributed by atoms with E-state index in [1.54, 1.807) is 0 Å². The molecule has 2 fully saturated rings. The number of carbonyl (C=O) groups is 3. The van der Waals surface area contributed by atoms with Crippen molar-refractivity contribution in [3.05, 3.63) is 51.9 Å². The summed E-state index contributed by atoms with van der Waals surface area (Å²) in [6, 6.07) is 1.07. The van der Waals surface area contributed by atoms with Crippen molar-refractivity contribution in [1.82, 2.24) is 4.90 Å². The summed E-state index contributed by atoms with van der Waals surface area (Å²) in [7, 11) is 2.84. The number of hydrogen-bond acceptors (Lipinski definition) is 10. The van der Waals surface area contributed by atoms with E-state index in [0.717, 1.165) is 0 Å². The summed E-state index contributed by atoms with van der Waals surface area (Å²) < 4.78 is 0. The van der Waals surface area contributed by atoms with Crippen LogP contribution in [0.2, 0.25) is 5.02 Å². The van der Waals surface area contributed by atoms with Crippen LogP contribution < -0.4 is 5.73 Å². The number of rotatable bonds is 1. The summed E-state index contributed by atoms with van der Waals surface area (Å²) in [6.07, 6.45) is -1.77. The van der Waals surface area contributed by atoms with E-state index >= 15 is 0 Å². The molecule has 0 heterocycles. The highest BCUT2D eigenvalue weighted by Crippen LogP contribution is 2.55. The fourth-order valence-electron chi connectivity index (χ4n) is 5.25. The van der Waals surface area contributed by atoms with Gasteiger partial charge in [0.15, 0.2) is 17.3 Å². The SMILES string of the molecule is C=C1c2c(Cl)ccc(O)c2C(O)=C2C(=O)[C@]3(O)C(=O)/C(=C(/N)O)C(=O)[C@@H](N(C)C)[C@@H]3[C@@H](O)[C@H]12. The molecule has 1 aromatic carbocycles. The Labute approximate surface area is 192 Å². The number of Topliss-reactive ketones (excluding diaryl/α,β-unsaturated/α-hetero) is 3. The Morgan fingerprint density at radius 2 is 1.76 bits per heavy atom. The molecule has 4 rings (SSSR count). The average molecular weight is 477 g/mol. The molecule has 0 bridgehead atoms. The molecule has 0 amide bonds. The van der Waals surface area contributed by atoms with Gasteiger partial charge in [-0.25, -0.2) is 0 Å². The van der Waals surface area contributed by atoms with Crippen LogP contribution in [0, 0.1) is 11.8 Å². The minimum absolute atomic E-state index is 0.0435. The van der Waals surface area contributed by atoms with E-state index in [-0.39, 0.29) is 21.7 Å². The van der Waals surface area contributed by atoms with E-state index in [1.165, 1.54) is 31.1 Å². The summed E-state index contributed by atoms with van der Waals surface area (Å²) in [5.41, 5.74) is 0.593. The first-order valence-electron chi connectivity index (χ1n) is 9.81. The van der Waals surface area contributed by atoms with Gasteiger partial charge in [-0.15, -0.1) is 0 Å².